The summed E-state index contributed by atoms with van der Waals surface area (Å²) in [5.41, 5.74) is 2.05. The molecule has 1 nitrogen and oxygen atoms in total. The molecule has 2 aliphatic rings. The van der Waals surface area contributed by atoms with Gasteiger partial charge in [-0.1, -0.05) is 56.0 Å². The molecule has 1 aliphatic carbocycles. The van der Waals surface area contributed by atoms with E-state index in [4.69, 9.17) is 0 Å². The molecular weight excluding hydrogens is 252 g/mol. The maximum absolute atomic E-state index is 12.8. The molecule has 1 aliphatic heterocycles. The van der Waals surface area contributed by atoms with Gasteiger partial charge in [0.05, 0.1) is 5.41 Å². The Balaban J connectivity index is 2.02. The molecule has 1 heterocycles. The number of thioether (sulfide) groups is 1. The van der Waals surface area contributed by atoms with Gasteiger partial charge < -0.3 is 0 Å². The number of Topliss-reactive ketones (excluding diaryl/α,β-unsaturated/α-hetero) is 1. The Labute approximate surface area is 118 Å². The van der Waals surface area contributed by atoms with E-state index in [0.29, 0.717) is 5.78 Å². The van der Waals surface area contributed by atoms with Crippen molar-refractivity contribution in [1.29, 1.82) is 0 Å². The highest BCUT2D eigenvalue weighted by atomic mass is 32.2. The lowest BCUT2D eigenvalue weighted by molar-refractivity contribution is -0.123. The molecule has 0 aromatic heterocycles. The van der Waals surface area contributed by atoms with Crippen molar-refractivity contribution in [2.24, 2.45) is 5.41 Å². The van der Waals surface area contributed by atoms with Crippen LogP contribution in [0, 0.1) is 5.41 Å². The zero-order valence-corrected chi connectivity index (χ0v) is 12.2. The monoisotopic (exact) mass is 270 g/mol. The van der Waals surface area contributed by atoms with Gasteiger partial charge >= 0.3 is 0 Å². The number of benzene rings is 1. The summed E-state index contributed by atoms with van der Waals surface area (Å²) in [4.78, 5) is 15.3. The Morgan fingerprint density at radius 1 is 1.21 bits per heavy atom. The Hall–Kier alpha value is -1.28. The predicted octanol–water partition coefficient (Wildman–Crippen LogP) is 4.53. The minimum Gasteiger partial charge on any atom is -0.294 e. The van der Waals surface area contributed by atoms with E-state index in [1.54, 1.807) is 11.8 Å². The van der Waals surface area contributed by atoms with Gasteiger partial charge in [-0.2, -0.15) is 0 Å². The second-order valence-electron chi connectivity index (χ2n) is 5.26. The van der Waals surface area contributed by atoms with Gasteiger partial charge in [0, 0.05) is 21.8 Å². The molecular formula is C17H18OS. The van der Waals surface area contributed by atoms with Crippen molar-refractivity contribution in [3.63, 3.8) is 0 Å². The molecule has 0 atom stereocenters. The minimum atomic E-state index is -0.258. The van der Waals surface area contributed by atoms with Crippen LogP contribution in [-0.4, -0.2) is 5.78 Å². The van der Waals surface area contributed by atoms with Crippen LogP contribution in [0.4, 0.5) is 0 Å². The fourth-order valence-corrected chi connectivity index (χ4v) is 4.03. The lowest BCUT2D eigenvalue weighted by Crippen LogP contribution is -2.33. The summed E-state index contributed by atoms with van der Waals surface area (Å²) in [7, 11) is 0. The average molecular weight is 270 g/mol. The SMILES string of the molecule is CCC1(CC)C=CC2=C(Cc3ccccc3S2)C1=O. The summed E-state index contributed by atoms with van der Waals surface area (Å²) >= 11 is 1.74. The molecule has 0 fully saturated rings. The van der Waals surface area contributed by atoms with Gasteiger partial charge in [0.25, 0.3) is 0 Å². The molecule has 0 amide bonds. The van der Waals surface area contributed by atoms with E-state index in [9.17, 15) is 4.79 Å². The molecule has 1 aromatic carbocycles. The number of hydrogen-bond donors (Lipinski definition) is 0. The van der Waals surface area contributed by atoms with E-state index in [1.165, 1.54) is 10.5 Å². The van der Waals surface area contributed by atoms with E-state index in [-0.39, 0.29) is 5.41 Å². The van der Waals surface area contributed by atoms with Crippen molar-refractivity contribution < 1.29 is 4.79 Å². The fraction of sp³-hybridized carbons (Fsp3) is 0.353. The summed E-state index contributed by atoms with van der Waals surface area (Å²) in [5.74, 6) is 0.344. The molecule has 0 unspecified atom stereocenters. The predicted molar refractivity (Wildman–Crippen MR) is 80.2 cm³/mol. The normalized spacial score (nSPS) is 20.2. The fourth-order valence-electron chi connectivity index (χ4n) is 2.95. The van der Waals surface area contributed by atoms with Gasteiger partial charge in [-0.05, 0) is 24.5 Å². The van der Waals surface area contributed by atoms with E-state index < -0.39 is 0 Å². The van der Waals surface area contributed by atoms with Gasteiger partial charge in [0.15, 0.2) is 5.78 Å². The molecule has 0 saturated heterocycles. The maximum atomic E-state index is 12.8. The lowest BCUT2D eigenvalue weighted by Gasteiger charge is -2.34. The highest BCUT2D eigenvalue weighted by molar-refractivity contribution is 8.03. The third-order valence-electron chi connectivity index (χ3n) is 4.40. The van der Waals surface area contributed by atoms with Crippen LogP contribution in [-0.2, 0) is 11.2 Å². The van der Waals surface area contributed by atoms with Gasteiger partial charge in [0.2, 0.25) is 0 Å². The van der Waals surface area contributed by atoms with Crippen LogP contribution in [0.1, 0.15) is 32.3 Å². The molecule has 0 radical (unpaired) electrons. The van der Waals surface area contributed by atoms with E-state index in [2.05, 4.69) is 50.3 Å². The first-order chi connectivity index (χ1) is 9.20. The minimum absolute atomic E-state index is 0.258. The topological polar surface area (TPSA) is 17.1 Å². The average Bonchev–Trinajstić information content (AvgIpc) is 2.47. The second kappa shape index (κ2) is 4.68. The molecule has 0 N–H and O–H groups in total. The quantitative estimate of drug-likeness (QED) is 0.785. The molecule has 98 valence electrons. The van der Waals surface area contributed by atoms with Crippen molar-refractivity contribution >= 4 is 17.5 Å². The van der Waals surface area contributed by atoms with Crippen LogP contribution in [0.5, 0.6) is 0 Å². The second-order valence-corrected chi connectivity index (χ2v) is 6.34. The zero-order valence-electron chi connectivity index (χ0n) is 11.4. The Kier molecular flexibility index (Phi) is 3.14. The summed E-state index contributed by atoms with van der Waals surface area (Å²) in [5, 5.41) is 0. The van der Waals surface area contributed by atoms with Crippen LogP contribution < -0.4 is 0 Å². The van der Waals surface area contributed by atoms with Gasteiger partial charge in [-0.15, -0.1) is 0 Å². The van der Waals surface area contributed by atoms with Crippen LogP contribution in [0.25, 0.3) is 0 Å². The largest absolute Gasteiger partial charge is 0.294 e. The van der Waals surface area contributed by atoms with Crippen LogP contribution >= 0.6 is 11.8 Å². The standard InChI is InChI=1S/C17H18OS/c1-3-17(4-2)10-9-15-13(16(17)18)11-12-7-5-6-8-14(12)19-15/h5-10H,3-4,11H2,1-2H3. The van der Waals surface area contributed by atoms with Crippen molar-refractivity contribution in [1.82, 2.24) is 0 Å². The van der Waals surface area contributed by atoms with E-state index in [0.717, 1.165) is 29.7 Å². The summed E-state index contributed by atoms with van der Waals surface area (Å²) in [6, 6.07) is 8.40. The maximum Gasteiger partial charge on any atom is 0.170 e. The molecule has 1 aromatic rings. The van der Waals surface area contributed by atoms with Crippen LogP contribution in [0.3, 0.4) is 0 Å². The van der Waals surface area contributed by atoms with Crippen molar-refractivity contribution in [3.8, 4) is 0 Å². The Morgan fingerprint density at radius 2 is 1.95 bits per heavy atom. The summed E-state index contributed by atoms with van der Waals surface area (Å²) in [6.07, 6.45) is 6.88. The summed E-state index contributed by atoms with van der Waals surface area (Å²) in [6.45, 7) is 4.22. The van der Waals surface area contributed by atoms with Crippen LogP contribution in [0.2, 0.25) is 0 Å². The Morgan fingerprint density at radius 3 is 2.68 bits per heavy atom. The van der Waals surface area contributed by atoms with Crippen molar-refractivity contribution in [2.45, 2.75) is 38.0 Å². The number of hydrogen-bond acceptors (Lipinski definition) is 2. The van der Waals surface area contributed by atoms with Crippen molar-refractivity contribution in [2.75, 3.05) is 0 Å². The first-order valence-corrected chi connectivity index (χ1v) is 7.75. The van der Waals surface area contributed by atoms with Crippen LogP contribution in [0.15, 0.2) is 51.8 Å². The molecule has 0 bridgehead atoms. The number of allylic oxidation sites excluding steroid dienone is 3. The smallest absolute Gasteiger partial charge is 0.170 e. The Bertz CT molecular complexity index is 591. The molecule has 2 heteroatoms. The van der Waals surface area contributed by atoms with Crippen molar-refractivity contribution in [3.05, 3.63) is 52.5 Å². The molecule has 3 rings (SSSR count). The van der Waals surface area contributed by atoms with Gasteiger partial charge in [-0.25, -0.2) is 0 Å². The lowest BCUT2D eigenvalue weighted by atomic mass is 9.72. The molecule has 19 heavy (non-hydrogen) atoms. The number of rotatable bonds is 2. The first kappa shape index (κ1) is 12.7. The third-order valence-corrected chi connectivity index (χ3v) is 5.62. The third kappa shape index (κ3) is 1.90. The number of carbonyl (C=O) groups excluding carboxylic acids is 1. The van der Waals surface area contributed by atoms with E-state index >= 15 is 0 Å². The number of fused-ring (bicyclic) bond motifs is 1. The number of ketones is 1. The number of carbonyl (C=O) groups is 1. The highest BCUT2D eigenvalue weighted by Gasteiger charge is 2.39. The summed E-state index contributed by atoms with van der Waals surface area (Å²) < 4.78 is 0. The molecule has 0 saturated carbocycles. The highest BCUT2D eigenvalue weighted by Crippen LogP contribution is 2.46. The van der Waals surface area contributed by atoms with E-state index in [1.807, 2.05) is 0 Å². The molecule has 0 spiro atoms. The first-order valence-electron chi connectivity index (χ1n) is 6.93. The zero-order chi connectivity index (χ0) is 13.5. The van der Waals surface area contributed by atoms with Gasteiger partial charge in [-0.3, -0.25) is 4.79 Å². The van der Waals surface area contributed by atoms with Gasteiger partial charge in [0.1, 0.15) is 0 Å².